The molecule has 0 aliphatic heterocycles. The molecule has 260 valence electrons. The minimum absolute atomic E-state index is 0.0743. The van der Waals surface area contributed by atoms with E-state index in [1.807, 2.05) is 31.7 Å². The number of ketones is 2. The molecule has 4 aliphatic carbocycles. The van der Waals surface area contributed by atoms with E-state index in [0.717, 1.165) is 31.7 Å². The standard InChI is InChI=1S/C21H26F2O4.C16H25NO2S/c1-19-9-18(27)21(23)14(12(19)3-4-13(19)17(26)10-24)8-16(22)15-7-11(25)5-6-20(15,21)2;1-3-19-16(18)11-7-8-12-17(2)13-14-20-15-9-5-4-6-10-15/h5-7,12-14,16,18,24,27H,3-4,8-10H2,1-2H3;4-6,9-10H,3,7-8,11-14H2,1-2H3/t12?,13?,14-,16-,18-,19-,20-,21-;/m0./s1. The number of hydrogen-bond donors (Lipinski definition) is 2. The van der Waals surface area contributed by atoms with Crippen LogP contribution >= 0.6 is 11.8 Å². The number of carbonyl (C=O) groups is 3. The molecule has 2 N–H and O–H groups in total. The molecule has 0 aromatic heterocycles. The normalized spacial score (nSPS) is 34.0. The summed E-state index contributed by atoms with van der Waals surface area (Å²) < 4.78 is 36.7. The summed E-state index contributed by atoms with van der Waals surface area (Å²) in [7, 11) is 2.13. The second kappa shape index (κ2) is 15.9. The highest BCUT2D eigenvalue weighted by Crippen LogP contribution is 2.69. The van der Waals surface area contributed by atoms with Gasteiger partial charge in [0.2, 0.25) is 0 Å². The maximum Gasteiger partial charge on any atom is 0.305 e. The number of alkyl halides is 2. The molecule has 0 amide bonds. The topological polar surface area (TPSA) is 104 Å². The Balaban J connectivity index is 0.000000224. The summed E-state index contributed by atoms with van der Waals surface area (Å²) in [5.41, 5.74) is -4.04. The lowest BCUT2D eigenvalue weighted by atomic mass is 9.45. The number of hydrogen-bond acceptors (Lipinski definition) is 8. The lowest BCUT2D eigenvalue weighted by Crippen LogP contribution is -2.68. The molecular formula is C37H51F2NO6S. The van der Waals surface area contributed by atoms with Crippen molar-refractivity contribution in [3.8, 4) is 0 Å². The van der Waals surface area contributed by atoms with E-state index in [0.29, 0.717) is 25.9 Å². The monoisotopic (exact) mass is 675 g/mol. The van der Waals surface area contributed by atoms with Crippen LogP contribution in [0.4, 0.5) is 8.78 Å². The van der Waals surface area contributed by atoms with Crippen LogP contribution in [-0.2, 0) is 19.1 Å². The Hall–Kier alpha value is -2.40. The van der Waals surface area contributed by atoms with Crippen LogP contribution in [0.1, 0.15) is 65.7 Å². The Kier molecular flexibility index (Phi) is 12.6. The number of esters is 1. The van der Waals surface area contributed by atoms with Gasteiger partial charge >= 0.3 is 5.97 Å². The number of aliphatic hydroxyl groups excluding tert-OH is 2. The summed E-state index contributed by atoms with van der Waals surface area (Å²) >= 11 is 1.88. The van der Waals surface area contributed by atoms with Crippen LogP contribution in [-0.4, -0.2) is 89.7 Å². The molecule has 0 spiro atoms. The average molecular weight is 676 g/mol. The first-order valence-electron chi connectivity index (χ1n) is 16.9. The number of allylic oxidation sites excluding steroid dienone is 4. The largest absolute Gasteiger partial charge is 0.466 e. The van der Waals surface area contributed by atoms with Gasteiger partial charge in [0, 0.05) is 40.9 Å². The number of thioether (sulfide) groups is 1. The van der Waals surface area contributed by atoms with E-state index in [2.05, 4.69) is 36.2 Å². The van der Waals surface area contributed by atoms with E-state index in [-0.39, 0.29) is 41.9 Å². The number of Topliss-reactive ketones (excluding diaryl/α,β-unsaturated/α-hetero) is 1. The first-order valence-corrected chi connectivity index (χ1v) is 17.9. The number of ether oxygens (including phenoxy) is 1. The fourth-order valence-corrected chi connectivity index (χ4v) is 9.66. The van der Waals surface area contributed by atoms with Crippen LogP contribution < -0.4 is 0 Å². The highest BCUT2D eigenvalue weighted by molar-refractivity contribution is 7.99. The van der Waals surface area contributed by atoms with E-state index >= 15 is 8.78 Å². The minimum atomic E-state index is -2.10. The molecule has 1 aromatic rings. The second-order valence-electron chi connectivity index (χ2n) is 13.9. The predicted molar refractivity (Wildman–Crippen MR) is 179 cm³/mol. The molecule has 8 atom stereocenters. The fraction of sp³-hybridized carbons (Fsp3) is 0.649. The summed E-state index contributed by atoms with van der Waals surface area (Å²) in [6.07, 6.45) is 4.59. The maximum absolute atomic E-state index is 16.7. The van der Waals surface area contributed by atoms with E-state index in [1.54, 1.807) is 6.92 Å². The smallest absolute Gasteiger partial charge is 0.305 e. The Morgan fingerprint density at radius 2 is 1.83 bits per heavy atom. The van der Waals surface area contributed by atoms with Gasteiger partial charge < -0.3 is 19.8 Å². The van der Waals surface area contributed by atoms with Crippen LogP contribution in [0.3, 0.4) is 0 Å². The molecule has 0 saturated heterocycles. The summed E-state index contributed by atoms with van der Waals surface area (Å²) in [5, 5.41) is 20.3. The van der Waals surface area contributed by atoms with Crippen LogP contribution in [0, 0.1) is 28.6 Å². The summed E-state index contributed by atoms with van der Waals surface area (Å²) in [5.74, 6) is -1.09. The van der Waals surface area contributed by atoms with Gasteiger partial charge in [0.1, 0.15) is 12.8 Å². The predicted octanol–water partition coefficient (Wildman–Crippen LogP) is 5.93. The molecule has 2 unspecified atom stereocenters. The zero-order valence-electron chi connectivity index (χ0n) is 28.1. The number of rotatable bonds is 12. The van der Waals surface area contributed by atoms with Crippen molar-refractivity contribution in [2.75, 3.05) is 39.1 Å². The second-order valence-corrected chi connectivity index (χ2v) is 15.1. The highest BCUT2D eigenvalue weighted by atomic mass is 32.2. The molecule has 0 bridgehead atoms. The first-order chi connectivity index (χ1) is 22.3. The molecule has 3 saturated carbocycles. The molecule has 7 nitrogen and oxygen atoms in total. The highest BCUT2D eigenvalue weighted by Gasteiger charge is 2.72. The van der Waals surface area contributed by atoms with Gasteiger partial charge in [-0.05, 0) is 107 Å². The van der Waals surface area contributed by atoms with Crippen LogP contribution in [0.25, 0.3) is 0 Å². The number of fused-ring (bicyclic) bond motifs is 5. The van der Waals surface area contributed by atoms with Gasteiger partial charge in [0.05, 0.1) is 12.7 Å². The Morgan fingerprint density at radius 3 is 2.51 bits per heavy atom. The average Bonchev–Trinajstić information content (AvgIpc) is 3.38. The van der Waals surface area contributed by atoms with Crippen LogP contribution in [0.2, 0.25) is 0 Å². The molecule has 47 heavy (non-hydrogen) atoms. The van der Waals surface area contributed by atoms with Gasteiger partial charge in [-0.2, -0.15) is 0 Å². The van der Waals surface area contributed by atoms with Crippen LogP contribution in [0.5, 0.6) is 0 Å². The minimum Gasteiger partial charge on any atom is -0.466 e. The summed E-state index contributed by atoms with van der Waals surface area (Å²) in [4.78, 5) is 38.8. The molecule has 0 radical (unpaired) electrons. The quantitative estimate of drug-likeness (QED) is 0.160. The van der Waals surface area contributed by atoms with Gasteiger partial charge in [0.15, 0.2) is 17.2 Å². The zero-order valence-corrected chi connectivity index (χ0v) is 28.9. The molecular weight excluding hydrogens is 624 g/mol. The van der Waals surface area contributed by atoms with Crippen LogP contribution in [0.15, 0.2) is 59.0 Å². The number of unbranched alkanes of at least 4 members (excludes halogenated alkanes) is 1. The van der Waals surface area contributed by atoms with Gasteiger partial charge in [-0.3, -0.25) is 14.4 Å². The van der Waals surface area contributed by atoms with E-state index in [4.69, 9.17) is 4.74 Å². The third-order valence-electron chi connectivity index (χ3n) is 11.1. The molecule has 1 aromatic carbocycles. The van der Waals surface area contributed by atoms with E-state index < -0.39 is 47.2 Å². The third kappa shape index (κ3) is 7.76. The number of benzene rings is 1. The Morgan fingerprint density at radius 1 is 1.11 bits per heavy atom. The van der Waals surface area contributed by atoms with E-state index in [1.165, 1.54) is 23.1 Å². The molecule has 0 heterocycles. The molecule has 3 fully saturated rings. The number of nitrogens with zero attached hydrogens (tertiary/aromatic N) is 1. The summed E-state index contributed by atoms with van der Waals surface area (Å²) in [6, 6.07) is 10.5. The molecule has 5 rings (SSSR count). The van der Waals surface area contributed by atoms with Gasteiger partial charge in [0.25, 0.3) is 0 Å². The molecule has 4 aliphatic rings. The maximum atomic E-state index is 16.7. The summed E-state index contributed by atoms with van der Waals surface area (Å²) in [6.45, 7) is 7.29. The van der Waals surface area contributed by atoms with Crippen molar-refractivity contribution in [3.63, 3.8) is 0 Å². The Bertz CT molecular complexity index is 1320. The number of aliphatic hydroxyl groups is 2. The van der Waals surface area contributed by atoms with Gasteiger partial charge in [-0.25, -0.2) is 8.78 Å². The SMILES string of the molecule is CCOC(=O)CCCCN(C)CCSc1ccccc1.C[C@]12C[C@H](O)[C@@]3(F)[C@@H](C[C@H](F)C4=CC(=O)C=C[C@@]43C)C1CCC2C(=O)CO. The molecule has 10 heteroatoms. The lowest BCUT2D eigenvalue weighted by molar-refractivity contribution is -0.202. The van der Waals surface area contributed by atoms with Crippen molar-refractivity contribution in [1.29, 1.82) is 0 Å². The van der Waals surface area contributed by atoms with Crippen molar-refractivity contribution < 1.29 is 38.1 Å². The van der Waals surface area contributed by atoms with E-state index in [9.17, 15) is 24.6 Å². The zero-order chi connectivity index (χ0) is 34.4. The fourth-order valence-electron chi connectivity index (χ4n) is 8.67. The van der Waals surface area contributed by atoms with Crippen molar-refractivity contribution >= 4 is 29.3 Å². The van der Waals surface area contributed by atoms with Gasteiger partial charge in [-0.15, -0.1) is 11.8 Å². The Labute approximate surface area is 282 Å². The number of carbonyl (C=O) groups excluding carboxylic acids is 3. The van der Waals surface area contributed by atoms with Gasteiger partial charge in [-0.1, -0.05) is 31.2 Å². The number of halogens is 2. The first kappa shape index (κ1) is 37.4. The third-order valence-corrected chi connectivity index (χ3v) is 12.1. The van der Waals surface area contributed by atoms with Crippen molar-refractivity contribution in [1.82, 2.24) is 4.90 Å². The van der Waals surface area contributed by atoms with Crippen molar-refractivity contribution in [2.45, 2.75) is 88.6 Å². The van der Waals surface area contributed by atoms with Crippen molar-refractivity contribution in [3.05, 3.63) is 54.1 Å². The van der Waals surface area contributed by atoms with Crippen molar-refractivity contribution in [2.24, 2.45) is 28.6 Å². The lowest BCUT2D eigenvalue weighted by Gasteiger charge is -2.62.